The highest BCUT2D eigenvalue weighted by Gasteiger charge is 2.01. The third-order valence-electron chi connectivity index (χ3n) is 2.20. The maximum atomic E-state index is 5.48. The first-order valence-electron chi connectivity index (χ1n) is 5.04. The average molecular weight is 214 g/mol. The molecule has 0 aliphatic rings. The van der Waals surface area contributed by atoms with Crippen LogP contribution in [0, 0.1) is 5.92 Å². The SMILES string of the molecule is CC(CCS)CCOCc1ccco1. The van der Waals surface area contributed by atoms with E-state index in [1.54, 1.807) is 6.26 Å². The smallest absolute Gasteiger partial charge is 0.129 e. The van der Waals surface area contributed by atoms with Crippen molar-refractivity contribution in [2.45, 2.75) is 26.4 Å². The van der Waals surface area contributed by atoms with Gasteiger partial charge in [0.15, 0.2) is 0 Å². The minimum atomic E-state index is 0.584. The summed E-state index contributed by atoms with van der Waals surface area (Å²) in [6.45, 7) is 3.61. The molecule has 1 rings (SSSR count). The molecule has 0 radical (unpaired) electrons. The second-order valence-corrected chi connectivity index (χ2v) is 3.99. The third-order valence-corrected chi connectivity index (χ3v) is 2.46. The first-order valence-corrected chi connectivity index (χ1v) is 5.67. The highest BCUT2D eigenvalue weighted by molar-refractivity contribution is 7.80. The van der Waals surface area contributed by atoms with Crippen molar-refractivity contribution in [3.8, 4) is 0 Å². The van der Waals surface area contributed by atoms with E-state index in [4.69, 9.17) is 9.15 Å². The fourth-order valence-electron chi connectivity index (χ4n) is 1.22. The van der Waals surface area contributed by atoms with E-state index < -0.39 is 0 Å². The number of furan rings is 1. The van der Waals surface area contributed by atoms with Crippen molar-refractivity contribution < 1.29 is 9.15 Å². The van der Waals surface area contributed by atoms with E-state index in [1.165, 1.54) is 0 Å². The summed E-state index contributed by atoms with van der Waals surface area (Å²) in [6.07, 6.45) is 3.93. The van der Waals surface area contributed by atoms with Crippen molar-refractivity contribution in [3.05, 3.63) is 24.2 Å². The average Bonchev–Trinajstić information content (AvgIpc) is 2.65. The van der Waals surface area contributed by atoms with E-state index in [1.807, 2.05) is 12.1 Å². The van der Waals surface area contributed by atoms with E-state index in [0.717, 1.165) is 31.0 Å². The fraction of sp³-hybridized carbons (Fsp3) is 0.636. The van der Waals surface area contributed by atoms with Crippen molar-refractivity contribution in [1.29, 1.82) is 0 Å². The maximum Gasteiger partial charge on any atom is 0.129 e. The van der Waals surface area contributed by atoms with Crippen molar-refractivity contribution in [2.75, 3.05) is 12.4 Å². The van der Waals surface area contributed by atoms with Crippen LogP contribution < -0.4 is 0 Å². The molecule has 1 aromatic heterocycles. The Labute approximate surface area is 91.0 Å². The van der Waals surface area contributed by atoms with Crippen LogP contribution in [0.5, 0.6) is 0 Å². The lowest BCUT2D eigenvalue weighted by molar-refractivity contribution is 0.0953. The Balaban J connectivity index is 1.99. The lowest BCUT2D eigenvalue weighted by Gasteiger charge is -2.08. The van der Waals surface area contributed by atoms with Gasteiger partial charge >= 0.3 is 0 Å². The largest absolute Gasteiger partial charge is 0.467 e. The molecule has 1 unspecified atom stereocenters. The summed E-state index contributed by atoms with van der Waals surface area (Å²) in [5.41, 5.74) is 0. The molecule has 0 spiro atoms. The van der Waals surface area contributed by atoms with Crippen molar-refractivity contribution >= 4 is 12.6 Å². The normalized spacial score (nSPS) is 13.0. The predicted octanol–water partition coefficient (Wildman–Crippen LogP) is 3.14. The molecular formula is C11H18O2S. The molecule has 1 aromatic rings. The minimum Gasteiger partial charge on any atom is -0.467 e. The summed E-state index contributed by atoms with van der Waals surface area (Å²) >= 11 is 4.20. The lowest BCUT2D eigenvalue weighted by Crippen LogP contribution is -2.02. The molecule has 0 aliphatic carbocycles. The molecule has 0 bridgehead atoms. The van der Waals surface area contributed by atoms with Gasteiger partial charge in [-0.05, 0) is 36.6 Å². The molecule has 0 saturated heterocycles. The highest BCUT2D eigenvalue weighted by atomic mass is 32.1. The van der Waals surface area contributed by atoms with Gasteiger partial charge in [-0.15, -0.1) is 0 Å². The van der Waals surface area contributed by atoms with Crippen LogP contribution in [0.25, 0.3) is 0 Å². The van der Waals surface area contributed by atoms with E-state index in [0.29, 0.717) is 12.5 Å². The van der Waals surface area contributed by atoms with Gasteiger partial charge in [-0.2, -0.15) is 12.6 Å². The standard InChI is InChI=1S/C11H18O2S/c1-10(5-8-14)4-7-12-9-11-3-2-6-13-11/h2-3,6,10,14H,4-5,7-9H2,1H3. The van der Waals surface area contributed by atoms with Gasteiger partial charge in [0.2, 0.25) is 0 Å². The van der Waals surface area contributed by atoms with Gasteiger partial charge in [-0.3, -0.25) is 0 Å². The number of ether oxygens (including phenoxy) is 1. The monoisotopic (exact) mass is 214 g/mol. The van der Waals surface area contributed by atoms with Crippen molar-refractivity contribution in [1.82, 2.24) is 0 Å². The summed E-state index contributed by atoms with van der Waals surface area (Å²) < 4.78 is 10.6. The molecule has 0 aliphatic heterocycles. The summed E-state index contributed by atoms with van der Waals surface area (Å²) in [5.74, 6) is 2.55. The molecular weight excluding hydrogens is 196 g/mol. The zero-order valence-electron chi connectivity index (χ0n) is 8.61. The van der Waals surface area contributed by atoms with E-state index in [-0.39, 0.29) is 0 Å². The number of thiol groups is 1. The van der Waals surface area contributed by atoms with E-state index in [9.17, 15) is 0 Å². The van der Waals surface area contributed by atoms with Crippen LogP contribution in [0.1, 0.15) is 25.5 Å². The molecule has 0 fully saturated rings. The minimum absolute atomic E-state index is 0.584. The van der Waals surface area contributed by atoms with Crippen LogP contribution in [-0.2, 0) is 11.3 Å². The second-order valence-electron chi connectivity index (χ2n) is 3.54. The van der Waals surface area contributed by atoms with Crippen LogP contribution in [0.3, 0.4) is 0 Å². The topological polar surface area (TPSA) is 22.4 Å². The summed E-state index contributed by atoms with van der Waals surface area (Å²) in [5, 5.41) is 0. The van der Waals surface area contributed by atoms with Crippen LogP contribution in [-0.4, -0.2) is 12.4 Å². The lowest BCUT2D eigenvalue weighted by atomic mass is 10.1. The Kier molecular flexibility index (Phi) is 5.80. The Bertz CT molecular complexity index is 221. The maximum absolute atomic E-state index is 5.48. The van der Waals surface area contributed by atoms with Crippen LogP contribution in [0.2, 0.25) is 0 Å². The molecule has 0 saturated carbocycles. The fourth-order valence-corrected chi connectivity index (χ4v) is 1.66. The first-order chi connectivity index (χ1) is 6.83. The molecule has 14 heavy (non-hydrogen) atoms. The van der Waals surface area contributed by atoms with Gasteiger partial charge < -0.3 is 9.15 Å². The zero-order chi connectivity index (χ0) is 10.2. The summed E-state index contributed by atoms with van der Waals surface area (Å²) in [6, 6.07) is 3.80. The van der Waals surface area contributed by atoms with Crippen LogP contribution >= 0.6 is 12.6 Å². The third kappa shape index (κ3) is 4.72. The van der Waals surface area contributed by atoms with E-state index in [2.05, 4.69) is 19.6 Å². The number of hydrogen-bond acceptors (Lipinski definition) is 3. The predicted molar refractivity (Wildman–Crippen MR) is 60.6 cm³/mol. The second kappa shape index (κ2) is 6.96. The Morgan fingerprint density at radius 1 is 1.50 bits per heavy atom. The Morgan fingerprint density at radius 2 is 2.36 bits per heavy atom. The van der Waals surface area contributed by atoms with Gasteiger partial charge in [-0.25, -0.2) is 0 Å². The number of hydrogen-bond donors (Lipinski definition) is 1. The van der Waals surface area contributed by atoms with Crippen molar-refractivity contribution in [2.24, 2.45) is 5.92 Å². The highest BCUT2D eigenvalue weighted by Crippen LogP contribution is 2.09. The summed E-state index contributed by atoms with van der Waals surface area (Å²) in [7, 11) is 0. The Morgan fingerprint density at radius 3 is 3.00 bits per heavy atom. The van der Waals surface area contributed by atoms with Gasteiger partial charge in [0.1, 0.15) is 12.4 Å². The zero-order valence-corrected chi connectivity index (χ0v) is 9.50. The van der Waals surface area contributed by atoms with E-state index >= 15 is 0 Å². The molecule has 1 heterocycles. The molecule has 0 aromatic carbocycles. The van der Waals surface area contributed by atoms with Gasteiger partial charge in [-0.1, -0.05) is 6.92 Å². The molecule has 3 heteroatoms. The van der Waals surface area contributed by atoms with Gasteiger partial charge in [0.05, 0.1) is 6.26 Å². The quantitative estimate of drug-likeness (QED) is 0.556. The first kappa shape index (κ1) is 11.7. The van der Waals surface area contributed by atoms with Crippen LogP contribution in [0.15, 0.2) is 22.8 Å². The van der Waals surface area contributed by atoms with Gasteiger partial charge in [0, 0.05) is 6.61 Å². The van der Waals surface area contributed by atoms with Gasteiger partial charge in [0.25, 0.3) is 0 Å². The summed E-state index contributed by atoms with van der Waals surface area (Å²) in [4.78, 5) is 0. The number of rotatable bonds is 7. The Hall–Kier alpha value is -0.410. The van der Waals surface area contributed by atoms with Crippen LogP contribution in [0.4, 0.5) is 0 Å². The molecule has 0 N–H and O–H groups in total. The molecule has 1 atom stereocenters. The molecule has 2 nitrogen and oxygen atoms in total. The molecule has 0 amide bonds. The van der Waals surface area contributed by atoms with Crippen molar-refractivity contribution in [3.63, 3.8) is 0 Å². The molecule has 80 valence electrons.